The van der Waals surface area contributed by atoms with Crippen molar-refractivity contribution in [3.8, 4) is 0 Å². The van der Waals surface area contributed by atoms with Gasteiger partial charge in [-0.1, -0.05) is 0 Å². The Bertz CT molecular complexity index is 948. The molecule has 25 heavy (non-hydrogen) atoms. The zero-order valence-corrected chi connectivity index (χ0v) is 13.6. The first kappa shape index (κ1) is 15.7. The monoisotopic (exact) mass is 340 g/mol. The van der Waals surface area contributed by atoms with Crippen LogP contribution in [-0.2, 0) is 12.8 Å². The fourth-order valence-electron chi connectivity index (χ4n) is 3.66. The molecule has 0 spiro atoms. The number of hydrogen-bond donors (Lipinski definition) is 1. The average Bonchev–Trinajstić information content (AvgIpc) is 2.60. The Hall–Kier alpha value is -2.76. The Labute approximate surface area is 143 Å². The summed E-state index contributed by atoms with van der Waals surface area (Å²) in [6.07, 6.45) is 3.16. The molecule has 1 amide bonds. The second-order valence-corrected chi connectivity index (χ2v) is 6.51. The van der Waals surface area contributed by atoms with Gasteiger partial charge in [0.05, 0.1) is 0 Å². The van der Waals surface area contributed by atoms with Gasteiger partial charge in [-0.3, -0.25) is 14.4 Å². The molecular formula is C19H17FN2O3. The molecule has 1 N–H and O–H groups in total. The first-order valence-corrected chi connectivity index (χ1v) is 8.44. The van der Waals surface area contributed by atoms with Gasteiger partial charge in [0.25, 0.3) is 11.5 Å². The van der Waals surface area contributed by atoms with Crippen molar-refractivity contribution in [1.82, 2.24) is 4.98 Å². The van der Waals surface area contributed by atoms with E-state index in [1.54, 1.807) is 6.07 Å². The number of nitrogens with one attached hydrogen (secondary N) is 1. The number of pyridine rings is 1. The number of amides is 1. The molecule has 5 nitrogen and oxygen atoms in total. The van der Waals surface area contributed by atoms with Crippen molar-refractivity contribution in [2.24, 2.45) is 0 Å². The van der Waals surface area contributed by atoms with Crippen LogP contribution in [0.3, 0.4) is 0 Å². The molecule has 0 unspecified atom stereocenters. The molecule has 0 radical (unpaired) electrons. The molecule has 1 aliphatic heterocycles. The van der Waals surface area contributed by atoms with Crippen LogP contribution in [0.2, 0.25) is 0 Å². The maximum absolute atomic E-state index is 13.4. The number of fused-ring (bicyclic) bond motifs is 2. The summed E-state index contributed by atoms with van der Waals surface area (Å²) in [5, 5.41) is 0. The van der Waals surface area contributed by atoms with E-state index in [1.807, 2.05) is 0 Å². The van der Waals surface area contributed by atoms with E-state index in [9.17, 15) is 18.8 Å². The summed E-state index contributed by atoms with van der Waals surface area (Å²) < 4.78 is 13.4. The SMILES string of the molecule is O=C1CCCc2[nH]c(=O)c(C(=O)N3CCCc4cc(F)ccc43)cc21. The predicted molar refractivity (Wildman–Crippen MR) is 90.7 cm³/mol. The van der Waals surface area contributed by atoms with Crippen molar-refractivity contribution in [1.29, 1.82) is 0 Å². The number of anilines is 1. The number of benzene rings is 1. The fraction of sp³-hybridized carbons (Fsp3) is 0.316. The van der Waals surface area contributed by atoms with E-state index in [0.717, 1.165) is 5.56 Å². The summed E-state index contributed by atoms with van der Waals surface area (Å²) in [5.41, 5.74) is 1.91. The lowest BCUT2D eigenvalue weighted by atomic mass is 9.93. The Kier molecular flexibility index (Phi) is 3.75. The first-order valence-electron chi connectivity index (χ1n) is 8.44. The molecule has 128 valence electrons. The van der Waals surface area contributed by atoms with Crippen molar-refractivity contribution in [3.63, 3.8) is 0 Å². The Balaban J connectivity index is 1.77. The summed E-state index contributed by atoms with van der Waals surface area (Å²) in [4.78, 5) is 41.6. The van der Waals surface area contributed by atoms with E-state index in [4.69, 9.17) is 0 Å². The fourth-order valence-corrected chi connectivity index (χ4v) is 3.66. The maximum atomic E-state index is 13.4. The summed E-state index contributed by atoms with van der Waals surface area (Å²) in [5.74, 6) is -0.840. The number of halogens is 1. The number of Topliss-reactive ketones (excluding diaryl/α,β-unsaturated/α-hetero) is 1. The van der Waals surface area contributed by atoms with Gasteiger partial charge < -0.3 is 9.88 Å². The number of nitrogens with zero attached hydrogens (tertiary/aromatic N) is 1. The number of carbonyl (C=O) groups is 2. The average molecular weight is 340 g/mol. The van der Waals surface area contributed by atoms with Gasteiger partial charge in [0.15, 0.2) is 5.78 Å². The van der Waals surface area contributed by atoms with Crippen LogP contribution in [0.15, 0.2) is 29.1 Å². The maximum Gasteiger partial charge on any atom is 0.263 e. The molecule has 0 saturated carbocycles. The molecule has 2 aliphatic rings. The highest BCUT2D eigenvalue weighted by Crippen LogP contribution is 2.29. The minimum atomic E-state index is -0.479. The minimum absolute atomic E-state index is 0.0359. The molecule has 0 bridgehead atoms. The highest BCUT2D eigenvalue weighted by atomic mass is 19.1. The third-order valence-corrected chi connectivity index (χ3v) is 4.89. The first-order chi connectivity index (χ1) is 12.0. The van der Waals surface area contributed by atoms with Crippen molar-refractivity contribution >= 4 is 17.4 Å². The number of hydrogen-bond acceptors (Lipinski definition) is 3. The van der Waals surface area contributed by atoms with Crippen LogP contribution >= 0.6 is 0 Å². The summed E-state index contributed by atoms with van der Waals surface area (Å²) in [6.45, 7) is 0.460. The van der Waals surface area contributed by atoms with Gasteiger partial charge in [0.2, 0.25) is 0 Å². The Morgan fingerprint density at radius 2 is 1.92 bits per heavy atom. The normalized spacial score (nSPS) is 16.4. The van der Waals surface area contributed by atoms with Gasteiger partial charge in [0.1, 0.15) is 11.4 Å². The van der Waals surface area contributed by atoms with E-state index in [2.05, 4.69) is 4.98 Å². The van der Waals surface area contributed by atoms with E-state index in [0.29, 0.717) is 55.6 Å². The molecule has 2 heterocycles. The van der Waals surface area contributed by atoms with Crippen molar-refractivity contribution in [3.05, 3.63) is 62.8 Å². The van der Waals surface area contributed by atoms with Crippen molar-refractivity contribution in [2.45, 2.75) is 32.1 Å². The number of aryl methyl sites for hydroxylation is 2. The summed E-state index contributed by atoms with van der Waals surface area (Å²) in [7, 11) is 0. The predicted octanol–water partition coefficient (Wildman–Crippen LogP) is 2.63. The highest BCUT2D eigenvalue weighted by Gasteiger charge is 2.28. The lowest BCUT2D eigenvalue weighted by Gasteiger charge is -2.29. The number of ketones is 1. The van der Waals surface area contributed by atoms with Gasteiger partial charge >= 0.3 is 0 Å². The Morgan fingerprint density at radius 3 is 2.76 bits per heavy atom. The second kappa shape index (κ2) is 5.95. The van der Waals surface area contributed by atoms with Gasteiger partial charge in [-0.25, -0.2) is 4.39 Å². The largest absolute Gasteiger partial charge is 0.325 e. The van der Waals surface area contributed by atoms with Gasteiger partial charge in [-0.15, -0.1) is 0 Å². The van der Waals surface area contributed by atoms with Crippen LogP contribution in [0.25, 0.3) is 0 Å². The number of carbonyl (C=O) groups excluding carboxylic acids is 2. The minimum Gasteiger partial charge on any atom is -0.325 e. The van der Waals surface area contributed by atoms with Crippen LogP contribution in [0.1, 0.15) is 51.2 Å². The van der Waals surface area contributed by atoms with Crippen molar-refractivity contribution < 1.29 is 14.0 Å². The molecular weight excluding hydrogens is 323 g/mol. The van der Waals surface area contributed by atoms with E-state index in [-0.39, 0.29) is 17.2 Å². The number of aromatic amines is 1. The lowest BCUT2D eigenvalue weighted by Crippen LogP contribution is -2.39. The lowest BCUT2D eigenvalue weighted by molar-refractivity contribution is 0.0971. The number of aromatic nitrogens is 1. The second-order valence-electron chi connectivity index (χ2n) is 6.51. The smallest absolute Gasteiger partial charge is 0.263 e. The van der Waals surface area contributed by atoms with Crippen LogP contribution in [-0.4, -0.2) is 23.2 Å². The van der Waals surface area contributed by atoms with Crippen molar-refractivity contribution in [2.75, 3.05) is 11.4 Å². The molecule has 1 aromatic carbocycles. The van der Waals surface area contributed by atoms with E-state index < -0.39 is 11.5 Å². The molecule has 6 heteroatoms. The van der Waals surface area contributed by atoms with Gasteiger partial charge in [-0.05, 0) is 55.5 Å². The van der Waals surface area contributed by atoms with Crippen LogP contribution in [0.4, 0.5) is 10.1 Å². The molecule has 4 rings (SSSR count). The molecule has 0 saturated heterocycles. The van der Waals surface area contributed by atoms with Crippen LogP contribution < -0.4 is 10.5 Å². The van der Waals surface area contributed by atoms with E-state index >= 15 is 0 Å². The molecule has 0 fully saturated rings. The van der Waals surface area contributed by atoms with Gasteiger partial charge in [0, 0.05) is 29.9 Å². The summed E-state index contributed by atoms with van der Waals surface area (Å²) in [6, 6.07) is 5.73. The third kappa shape index (κ3) is 2.67. The van der Waals surface area contributed by atoms with Gasteiger partial charge in [-0.2, -0.15) is 0 Å². The topological polar surface area (TPSA) is 70.2 Å². The number of H-pyrrole nitrogens is 1. The molecule has 0 atom stereocenters. The van der Waals surface area contributed by atoms with E-state index in [1.165, 1.54) is 23.1 Å². The molecule has 1 aromatic heterocycles. The molecule has 1 aliphatic carbocycles. The third-order valence-electron chi connectivity index (χ3n) is 4.89. The van der Waals surface area contributed by atoms with Crippen LogP contribution in [0.5, 0.6) is 0 Å². The van der Waals surface area contributed by atoms with Crippen LogP contribution in [0, 0.1) is 5.82 Å². The zero-order valence-electron chi connectivity index (χ0n) is 13.6. The molecule has 2 aromatic rings. The zero-order chi connectivity index (χ0) is 17.6. The Morgan fingerprint density at radius 1 is 1.08 bits per heavy atom. The quantitative estimate of drug-likeness (QED) is 0.867. The number of rotatable bonds is 1. The summed E-state index contributed by atoms with van der Waals surface area (Å²) >= 11 is 0. The standard InChI is InChI=1S/C19H17FN2O3/c20-12-6-7-16-11(9-12)3-2-8-22(16)19(25)14-10-13-15(21-18(14)24)4-1-5-17(13)23/h6-7,9-10H,1-5,8H2,(H,21,24). The highest BCUT2D eigenvalue weighted by molar-refractivity contribution is 6.08.